The van der Waals surface area contributed by atoms with E-state index in [2.05, 4.69) is 0 Å². The first-order chi connectivity index (χ1) is 10.8. The molecule has 0 aromatic heterocycles. The van der Waals surface area contributed by atoms with Crippen LogP contribution in [0.2, 0.25) is 10.0 Å². The van der Waals surface area contributed by atoms with E-state index in [9.17, 15) is 14.9 Å². The number of carboxylic acid groups (broad SMARTS) is 1. The second-order valence-corrected chi connectivity index (χ2v) is 5.54. The molecule has 0 heterocycles. The van der Waals surface area contributed by atoms with Crippen LogP contribution in [-0.2, 0) is 4.79 Å². The minimum atomic E-state index is -0.999. The third kappa shape index (κ3) is 3.91. The van der Waals surface area contributed by atoms with Crippen LogP contribution < -0.4 is 4.74 Å². The molecule has 0 saturated heterocycles. The van der Waals surface area contributed by atoms with E-state index in [1.54, 1.807) is 0 Å². The van der Waals surface area contributed by atoms with Gasteiger partial charge in [0.25, 0.3) is 5.69 Å². The maximum absolute atomic E-state index is 11.0. The summed E-state index contributed by atoms with van der Waals surface area (Å²) in [5.74, 6) is -1.29. The summed E-state index contributed by atoms with van der Waals surface area (Å²) in [6.07, 6.45) is 0. The molecule has 1 atom stereocenters. The second-order valence-electron chi connectivity index (χ2n) is 4.73. The molecule has 6 nitrogen and oxygen atoms in total. The van der Waals surface area contributed by atoms with E-state index in [0.29, 0.717) is 11.3 Å². The van der Waals surface area contributed by atoms with Crippen LogP contribution in [0.3, 0.4) is 0 Å². The van der Waals surface area contributed by atoms with Gasteiger partial charge >= 0.3 is 5.97 Å². The molecule has 1 N–H and O–H groups in total. The van der Waals surface area contributed by atoms with E-state index < -0.39 is 16.8 Å². The molecule has 1 unspecified atom stereocenters. The highest BCUT2D eigenvalue weighted by Gasteiger charge is 2.18. The van der Waals surface area contributed by atoms with Crippen molar-refractivity contribution in [1.29, 1.82) is 0 Å². The van der Waals surface area contributed by atoms with E-state index in [4.69, 9.17) is 33.0 Å². The van der Waals surface area contributed by atoms with Gasteiger partial charge in [-0.2, -0.15) is 0 Å². The van der Waals surface area contributed by atoms with Crippen LogP contribution >= 0.6 is 23.2 Å². The zero-order chi connectivity index (χ0) is 17.1. The Hall–Kier alpha value is -2.31. The van der Waals surface area contributed by atoms with Gasteiger partial charge in [-0.25, -0.2) is 0 Å². The molecule has 2 aromatic rings. The number of benzene rings is 2. The van der Waals surface area contributed by atoms with Crippen LogP contribution in [0.25, 0.3) is 0 Å². The molecule has 23 heavy (non-hydrogen) atoms. The van der Waals surface area contributed by atoms with Crippen LogP contribution in [0.4, 0.5) is 5.69 Å². The first-order valence-electron chi connectivity index (χ1n) is 6.43. The van der Waals surface area contributed by atoms with Crippen molar-refractivity contribution in [3.8, 4) is 11.5 Å². The number of nitro benzene ring substituents is 1. The Morgan fingerprint density at radius 3 is 2.17 bits per heavy atom. The van der Waals surface area contributed by atoms with Gasteiger partial charge in [0.05, 0.1) is 20.9 Å². The van der Waals surface area contributed by atoms with Crippen molar-refractivity contribution in [3.05, 3.63) is 62.1 Å². The lowest BCUT2D eigenvalue weighted by atomic mass is 10.0. The van der Waals surface area contributed by atoms with Gasteiger partial charge in [0.2, 0.25) is 0 Å². The van der Waals surface area contributed by atoms with Gasteiger partial charge in [-0.05, 0) is 36.8 Å². The van der Waals surface area contributed by atoms with Crippen molar-refractivity contribution in [2.24, 2.45) is 0 Å². The lowest BCUT2D eigenvalue weighted by molar-refractivity contribution is -0.384. The Bertz CT molecular complexity index is 738. The molecule has 8 heteroatoms. The predicted octanol–water partition coefficient (Wildman–Crippen LogP) is 4.88. The monoisotopic (exact) mass is 355 g/mol. The van der Waals surface area contributed by atoms with Crippen LogP contribution in [0.15, 0.2) is 36.4 Å². The summed E-state index contributed by atoms with van der Waals surface area (Å²) in [4.78, 5) is 21.1. The number of carboxylic acids is 1. The van der Waals surface area contributed by atoms with E-state index >= 15 is 0 Å². The summed E-state index contributed by atoms with van der Waals surface area (Å²) in [5.41, 5.74) is 0.378. The minimum Gasteiger partial charge on any atom is -0.481 e. The van der Waals surface area contributed by atoms with E-state index in [1.807, 2.05) is 0 Å². The van der Waals surface area contributed by atoms with Crippen molar-refractivity contribution in [2.45, 2.75) is 12.8 Å². The number of nitro groups is 1. The predicted molar refractivity (Wildman–Crippen MR) is 85.7 cm³/mol. The van der Waals surface area contributed by atoms with Crippen molar-refractivity contribution in [2.75, 3.05) is 0 Å². The van der Waals surface area contributed by atoms with Crippen LogP contribution in [-0.4, -0.2) is 16.0 Å². The first-order valence-corrected chi connectivity index (χ1v) is 7.19. The summed E-state index contributed by atoms with van der Waals surface area (Å²) in [6.45, 7) is 1.52. The standard InChI is InChI=1S/C15H11Cl2NO5/c1-8(15(19)20)9-6-12(16)14(13(17)7-9)23-11-4-2-10(3-5-11)18(21)22/h2-8H,1H3,(H,19,20). The summed E-state index contributed by atoms with van der Waals surface area (Å²) in [6, 6.07) is 8.34. The van der Waals surface area contributed by atoms with Crippen molar-refractivity contribution in [1.82, 2.24) is 0 Å². The Balaban J connectivity index is 2.30. The molecule has 0 spiro atoms. The van der Waals surface area contributed by atoms with Gasteiger partial charge in [0, 0.05) is 12.1 Å². The summed E-state index contributed by atoms with van der Waals surface area (Å²) in [7, 11) is 0. The Labute approximate surface area is 141 Å². The maximum Gasteiger partial charge on any atom is 0.310 e. The fraction of sp³-hybridized carbons (Fsp3) is 0.133. The molecular weight excluding hydrogens is 345 g/mol. The number of aliphatic carboxylic acids is 1. The molecule has 0 aliphatic heterocycles. The SMILES string of the molecule is CC(C(=O)O)c1cc(Cl)c(Oc2ccc([N+](=O)[O-])cc2)c(Cl)c1. The molecule has 0 amide bonds. The molecule has 0 saturated carbocycles. The molecule has 0 bridgehead atoms. The van der Waals surface area contributed by atoms with Gasteiger partial charge in [-0.1, -0.05) is 23.2 Å². The molecule has 120 valence electrons. The fourth-order valence-corrected chi connectivity index (χ4v) is 2.40. The fourth-order valence-electron chi connectivity index (χ4n) is 1.82. The molecule has 0 aliphatic rings. The van der Waals surface area contributed by atoms with E-state index in [-0.39, 0.29) is 21.5 Å². The largest absolute Gasteiger partial charge is 0.481 e. The van der Waals surface area contributed by atoms with Crippen molar-refractivity contribution >= 4 is 34.9 Å². The van der Waals surface area contributed by atoms with Gasteiger partial charge < -0.3 is 9.84 Å². The van der Waals surface area contributed by atoms with Gasteiger partial charge in [-0.3, -0.25) is 14.9 Å². The van der Waals surface area contributed by atoms with E-state index in [1.165, 1.54) is 43.3 Å². The zero-order valence-electron chi connectivity index (χ0n) is 11.8. The molecule has 2 rings (SSSR count). The van der Waals surface area contributed by atoms with Crippen molar-refractivity contribution in [3.63, 3.8) is 0 Å². The van der Waals surface area contributed by atoms with Crippen LogP contribution in [0, 0.1) is 10.1 Å². The lowest BCUT2D eigenvalue weighted by Crippen LogP contribution is -2.07. The highest BCUT2D eigenvalue weighted by molar-refractivity contribution is 6.37. The number of rotatable bonds is 5. The Morgan fingerprint density at radius 1 is 1.22 bits per heavy atom. The summed E-state index contributed by atoms with van der Waals surface area (Å²) >= 11 is 12.2. The van der Waals surface area contributed by atoms with E-state index in [0.717, 1.165) is 0 Å². The molecule has 0 aliphatic carbocycles. The number of non-ortho nitro benzene ring substituents is 1. The Morgan fingerprint density at radius 2 is 1.74 bits per heavy atom. The number of hydrogen-bond acceptors (Lipinski definition) is 4. The van der Waals surface area contributed by atoms with Gasteiger partial charge in [0.15, 0.2) is 5.75 Å². The third-order valence-corrected chi connectivity index (χ3v) is 3.72. The Kier molecular flexibility index (Phi) is 5.08. The molecule has 2 aromatic carbocycles. The number of halogens is 2. The molecule has 0 radical (unpaired) electrons. The third-order valence-electron chi connectivity index (χ3n) is 3.16. The zero-order valence-corrected chi connectivity index (χ0v) is 13.3. The van der Waals surface area contributed by atoms with Crippen molar-refractivity contribution < 1.29 is 19.6 Å². The number of ether oxygens (including phenoxy) is 1. The summed E-state index contributed by atoms with van der Waals surface area (Å²) in [5, 5.41) is 19.9. The topological polar surface area (TPSA) is 89.7 Å². The molecule has 0 fully saturated rings. The number of nitrogens with zero attached hydrogens (tertiary/aromatic N) is 1. The maximum atomic E-state index is 11.0. The quantitative estimate of drug-likeness (QED) is 0.609. The molecular formula is C15H11Cl2NO5. The van der Waals surface area contributed by atoms with Gasteiger partial charge in [-0.15, -0.1) is 0 Å². The van der Waals surface area contributed by atoms with Crippen LogP contribution in [0.1, 0.15) is 18.4 Å². The smallest absolute Gasteiger partial charge is 0.310 e. The number of carbonyl (C=O) groups is 1. The first kappa shape index (κ1) is 17.1. The summed E-state index contributed by atoms with van der Waals surface area (Å²) < 4.78 is 5.54. The normalized spacial score (nSPS) is 11.8. The highest BCUT2D eigenvalue weighted by Crippen LogP contribution is 2.39. The highest BCUT2D eigenvalue weighted by atomic mass is 35.5. The van der Waals surface area contributed by atoms with Gasteiger partial charge in [0.1, 0.15) is 5.75 Å². The number of hydrogen-bond donors (Lipinski definition) is 1. The second kappa shape index (κ2) is 6.85. The average Bonchev–Trinajstić information content (AvgIpc) is 2.50. The lowest BCUT2D eigenvalue weighted by Gasteiger charge is -2.13. The van der Waals surface area contributed by atoms with Crippen LogP contribution in [0.5, 0.6) is 11.5 Å². The minimum absolute atomic E-state index is 0.0693. The average molecular weight is 356 g/mol.